The zero-order chi connectivity index (χ0) is 88.7. The summed E-state index contributed by atoms with van der Waals surface area (Å²) in [6.45, 7) is 16.4. The number of nitro benzene ring substituents is 2. The summed E-state index contributed by atoms with van der Waals surface area (Å²) in [6, 6.07) is 74.0. The summed E-state index contributed by atoms with van der Waals surface area (Å²) in [5.74, 6) is 7.04. The molecule has 4 aromatic heterocycles. The highest BCUT2D eigenvalue weighted by molar-refractivity contribution is 6.18. The number of nitro groups is 2. The average Bonchev–Trinajstić information content (AvgIpc) is 1.65. The van der Waals surface area contributed by atoms with Gasteiger partial charge in [-0.3, -0.25) is 34.6 Å². The third-order valence-corrected chi connectivity index (χ3v) is 22.3. The molecule has 1 N–H and O–H groups in total. The number of carbonyl (C=O) groups is 3. The number of nitriles is 1. The van der Waals surface area contributed by atoms with Crippen molar-refractivity contribution in [3.05, 3.63) is 331 Å². The quantitative estimate of drug-likeness (QED) is 0.0397. The maximum Gasteiger partial charge on any atom is 0.269 e. The first-order valence-electron chi connectivity index (χ1n) is 40.7. The van der Waals surface area contributed by atoms with Crippen molar-refractivity contribution in [2.45, 2.75) is 72.5 Å². The highest BCUT2D eigenvalue weighted by Gasteiger charge is 2.32. The summed E-state index contributed by atoms with van der Waals surface area (Å²) in [7, 11) is 11.3. The Balaban J connectivity index is 0.000000129. The number of benzene rings is 11. The van der Waals surface area contributed by atoms with Crippen LogP contribution in [0, 0.1) is 31.6 Å². The third-order valence-electron chi connectivity index (χ3n) is 22.3. The van der Waals surface area contributed by atoms with E-state index >= 15 is 0 Å². The zero-order valence-corrected chi connectivity index (χ0v) is 71.8. The molecule has 2 atom stereocenters. The first-order valence-corrected chi connectivity index (χ1v) is 40.7. The Morgan fingerprint density at radius 3 is 1.53 bits per heavy atom. The Labute approximate surface area is 723 Å². The van der Waals surface area contributed by atoms with Crippen LogP contribution in [0.1, 0.15) is 129 Å². The fourth-order valence-corrected chi connectivity index (χ4v) is 15.7. The summed E-state index contributed by atoms with van der Waals surface area (Å²) in [5, 5.41) is 38.0. The summed E-state index contributed by atoms with van der Waals surface area (Å²) in [5.41, 5.74) is 15.7. The Kier molecular flexibility index (Phi) is 27.6. The molecule has 3 aliphatic heterocycles. The topological polar surface area (TPSA) is 279 Å². The summed E-state index contributed by atoms with van der Waals surface area (Å²) in [4.78, 5) is 61.3. The van der Waals surface area contributed by atoms with Crippen LogP contribution in [0.3, 0.4) is 0 Å². The van der Waals surface area contributed by atoms with Crippen LogP contribution in [-0.2, 0) is 13.1 Å². The van der Waals surface area contributed by atoms with Crippen LogP contribution in [0.15, 0.2) is 255 Å². The molecule has 638 valence electrons. The molecule has 3 aliphatic rings. The molecule has 0 radical (unpaired) electrons. The molecule has 0 aliphatic carbocycles. The second-order valence-corrected chi connectivity index (χ2v) is 29.7. The molecular weight excluding hydrogens is 1580 g/mol. The van der Waals surface area contributed by atoms with Crippen LogP contribution < -0.4 is 52.8 Å². The molecule has 18 rings (SSSR count). The fraction of sp³-hybridized carbons (Fsp3) is 0.220. The number of anilines is 2. The Morgan fingerprint density at radius 2 is 0.976 bits per heavy atom. The minimum atomic E-state index is -0.357. The second kappa shape index (κ2) is 39.5. The van der Waals surface area contributed by atoms with Crippen LogP contribution in [0.4, 0.5) is 22.7 Å². The standard InChI is InChI=1S/2C19H19NO3.C18H17NO3.C16H16N2O2.C15H14N2O3.C13H12N2O2/c1-4-20-12-17(16-11-15(23-3)8-9-18(16)20)19(21)13-6-5-7-14(10-13)22-2;1-4-20-12-17(16-9-8-15(23-3)11-18(16)20)19(21)13-6-5-7-14(10-13)22-2;1-12(20)17-11-19(13-4-6-14(21-2)7-5-13)18-9-8-15(22-3)10-16(17)18;1-2-17-11-15(12-6-4-3-5-7-12)14-10-13(18(19)20)8-9-16(14)17;1-20-12-5-2-10(3-6-12)14-9-16-15-7-4-11(17(18)19)8-13(14)15;1-8(2)15-6-9(5-14)10-3-12-13(4-11(10)15)17-7-16-12/h2*5-12H,4H2,1-3H3;4-11H,1-3H3;3-10,15H,2,11H2,1H3;2-8,14,16H,9H2,1H3;3-4,6,8H,7H2,1-2H3. The van der Waals surface area contributed by atoms with Crippen LogP contribution in [-0.4, -0.2) is 122 Å². The van der Waals surface area contributed by atoms with Gasteiger partial charge in [0, 0.05) is 184 Å². The molecule has 25 heteroatoms. The highest BCUT2D eigenvalue weighted by Crippen LogP contribution is 2.44. The van der Waals surface area contributed by atoms with E-state index in [1.807, 2.05) is 199 Å². The highest BCUT2D eigenvalue weighted by atomic mass is 16.7. The number of nitrogens with one attached hydrogen (secondary N) is 1. The molecule has 125 heavy (non-hydrogen) atoms. The molecule has 15 aromatic rings. The number of nitrogens with zero attached hydrogens (tertiary/aromatic N) is 8. The van der Waals surface area contributed by atoms with Gasteiger partial charge < -0.3 is 71.1 Å². The lowest BCUT2D eigenvalue weighted by Crippen LogP contribution is -2.21. The fourth-order valence-electron chi connectivity index (χ4n) is 15.7. The predicted molar refractivity (Wildman–Crippen MR) is 486 cm³/mol. The molecule has 25 nitrogen and oxygen atoms in total. The number of Topliss-reactive ketones (excluding diaryl/α,β-unsaturated/α-hetero) is 1. The van der Waals surface area contributed by atoms with Crippen molar-refractivity contribution in [2.75, 3.05) is 86.4 Å². The van der Waals surface area contributed by atoms with Gasteiger partial charge in [0.1, 0.15) is 46.3 Å². The van der Waals surface area contributed by atoms with Gasteiger partial charge >= 0.3 is 0 Å². The summed E-state index contributed by atoms with van der Waals surface area (Å²) < 4.78 is 55.5. The molecule has 0 bridgehead atoms. The molecule has 0 spiro atoms. The first-order chi connectivity index (χ1) is 60.6. The Hall–Kier alpha value is -15.3. The Bertz CT molecular complexity index is 6500. The van der Waals surface area contributed by atoms with Crippen molar-refractivity contribution >= 4 is 83.7 Å². The van der Waals surface area contributed by atoms with Crippen LogP contribution >= 0.6 is 0 Å². The van der Waals surface area contributed by atoms with Crippen molar-refractivity contribution in [3.63, 3.8) is 0 Å². The molecule has 2 unspecified atom stereocenters. The van der Waals surface area contributed by atoms with E-state index < -0.39 is 0 Å². The minimum absolute atomic E-state index is 0.00809. The number of aryl methyl sites for hydroxylation is 2. The summed E-state index contributed by atoms with van der Waals surface area (Å²) >= 11 is 0. The number of rotatable bonds is 21. The second-order valence-electron chi connectivity index (χ2n) is 29.7. The number of hydrogen-bond donors (Lipinski definition) is 1. The molecule has 0 fully saturated rings. The van der Waals surface area contributed by atoms with E-state index in [-0.39, 0.29) is 57.2 Å². The smallest absolute Gasteiger partial charge is 0.269 e. The number of aromatic nitrogens is 4. The number of ketones is 3. The van der Waals surface area contributed by atoms with Crippen LogP contribution in [0.2, 0.25) is 0 Å². The van der Waals surface area contributed by atoms with Crippen LogP contribution in [0.25, 0.3) is 49.3 Å². The lowest BCUT2D eigenvalue weighted by molar-refractivity contribution is -0.385. The maximum absolute atomic E-state index is 12.9. The maximum atomic E-state index is 12.9. The first kappa shape index (κ1) is 87.5. The number of hydrogen-bond acceptors (Lipinski definition) is 19. The van der Waals surface area contributed by atoms with Gasteiger partial charge in [0.25, 0.3) is 11.4 Å². The minimum Gasteiger partial charge on any atom is -0.497 e. The van der Waals surface area contributed by atoms with Crippen molar-refractivity contribution in [2.24, 2.45) is 0 Å². The van der Waals surface area contributed by atoms with Gasteiger partial charge in [-0.2, -0.15) is 5.26 Å². The molecule has 7 heterocycles. The van der Waals surface area contributed by atoms with Crippen molar-refractivity contribution in [1.82, 2.24) is 18.3 Å². The third kappa shape index (κ3) is 19.1. The zero-order valence-electron chi connectivity index (χ0n) is 71.8. The molecule has 0 saturated heterocycles. The monoisotopic (exact) mass is 1680 g/mol. The van der Waals surface area contributed by atoms with Gasteiger partial charge in [-0.1, -0.05) is 66.7 Å². The molecule has 11 aromatic carbocycles. The largest absolute Gasteiger partial charge is 0.497 e. The Morgan fingerprint density at radius 1 is 0.472 bits per heavy atom. The normalized spacial score (nSPS) is 13.0. The van der Waals surface area contributed by atoms with E-state index in [2.05, 4.69) is 76.7 Å². The number of carbonyl (C=O) groups excluding carboxylic acids is 3. The van der Waals surface area contributed by atoms with Gasteiger partial charge in [-0.25, -0.2) is 0 Å². The van der Waals surface area contributed by atoms with Gasteiger partial charge in [0.15, 0.2) is 28.8 Å². The SMILES string of the molecule is CC(C)n1cc(C#N)c2cc3c(cc21)OCO3.CCN1CC(c2ccccc2)c2cc([N+](=O)[O-])ccc21.CCn1cc(C(=O)c2cccc(OC)c2)c2cc(OC)ccc21.CCn1cc(C(=O)c2cccc(OC)c2)c2ccc(OC)cc21.COc1ccc(-n2cc(C(C)=O)c3cc(OC)ccc32)cc1.COc1ccc(C2CNc3ccc([N+](=O)[O-])cc32)cc1. The van der Waals surface area contributed by atoms with Crippen molar-refractivity contribution in [3.8, 4) is 63.5 Å². The van der Waals surface area contributed by atoms with E-state index in [0.29, 0.717) is 50.9 Å². The van der Waals surface area contributed by atoms with Crippen molar-refractivity contribution < 1.29 is 66.9 Å². The molecular formula is C100H97N9O16. The number of fused-ring (bicyclic) bond motifs is 7. The average molecular weight is 1680 g/mol. The number of methoxy groups -OCH3 is 7. The lowest BCUT2D eigenvalue weighted by Gasteiger charge is -2.17. The molecule has 0 saturated carbocycles. The summed E-state index contributed by atoms with van der Waals surface area (Å²) in [6.07, 6.45) is 7.57. The number of likely N-dealkylation sites (N-methyl/N-ethyl adjacent to an activating group) is 1. The van der Waals surface area contributed by atoms with E-state index in [9.17, 15) is 34.6 Å². The predicted octanol–water partition coefficient (Wildman–Crippen LogP) is 21.2. The number of non-ortho nitro benzene ring substituents is 2. The van der Waals surface area contributed by atoms with E-state index in [1.165, 1.54) is 11.6 Å². The van der Waals surface area contributed by atoms with Gasteiger partial charge in [0.05, 0.1) is 81.7 Å². The van der Waals surface area contributed by atoms with Gasteiger partial charge in [-0.05, 0) is 191 Å². The van der Waals surface area contributed by atoms with E-state index in [4.69, 9.17) is 47.9 Å². The van der Waals surface area contributed by atoms with Gasteiger partial charge in [-0.15, -0.1) is 0 Å². The van der Waals surface area contributed by atoms with E-state index in [0.717, 1.165) is 150 Å². The van der Waals surface area contributed by atoms with Gasteiger partial charge in [0.2, 0.25) is 6.79 Å². The number of ether oxygens (including phenoxy) is 9. The van der Waals surface area contributed by atoms with Crippen molar-refractivity contribution in [1.29, 1.82) is 5.26 Å². The molecule has 0 amide bonds. The van der Waals surface area contributed by atoms with E-state index in [1.54, 1.807) is 99.2 Å². The van der Waals surface area contributed by atoms with Crippen LogP contribution in [0.5, 0.6) is 51.7 Å². The lowest BCUT2D eigenvalue weighted by atomic mass is 9.93.